The van der Waals surface area contributed by atoms with Crippen molar-refractivity contribution in [3.63, 3.8) is 0 Å². The SMILES string of the molecule is CCCCCC[C@@]12CCCC[C@]1(OC(C)=O)C2. The number of hydrogen-bond acceptors (Lipinski definition) is 2. The summed E-state index contributed by atoms with van der Waals surface area (Å²) in [5, 5.41) is 0. The molecule has 0 heterocycles. The van der Waals surface area contributed by atoms with Crippen LogP contribution in [0.3, 0.4) is 0 Å². The molecule has 0 spiro atoms. The van der Waals surface area contributed by atoms with E-state index in [1.54, 1.807) is 6.92 Å². The van der Waals surface area contributed by atoms with Gasteiger partial charge < -0.3 is 4.74 Å². The molecule has 0 bridgehead atoms. The van der Waals surface area contributed by atoms with Crippen molar-refractivity contribution in [3.8, 4) is 0 Å². The van der Waals surface area contributed by atoms with Gasteiger partial charge >= 0.3 is 5.97 Å². The molecule has 0 aromatic rings. The minimum Gasteiger partial charge on any atom is -0.459 e. The lowest BCUT2D eigenvalue weighted by molar-refractivity contribution is -0.152. The second kappa shape index (κ2) is 4.99. The van der Waals surface area contributed by atoms with Gasteiger partial charge in [-0.05, 0) is 32.1 Å². The minimum absolute atomic E-state index is 0.0384. The zero-order valence-electron chi connectivity index (χ0n) is 11.4. The summed E-state index contributed by atoms with van der Waals surface area (Å²) in [7, 11) is 0. The van der Waals surface area contributed by atoms with E-state index in [9.17, 15) is 4.79 Å². The summed E-state index contributed by atoms with van der Waals surface area (Å²) in [6.07, 6.45) is 12.7. The summed E-state index contributed by atoms with van der Waals surface area (Å²) in [6.45, 7) is 3.81. The highest BCUT2D eigenvalue weighted by Crippen LogP contribution is 2.69. The first kappa shape index (κ1) is 12.9. The van der Waals surface area contributed by atoms with Gasteiger partial charge in [-0.15, -0.1) is 0 Å². The third-order valence-corrected chi connectivity index (χ3v) is 4.80. The molecule has 2 aliphatic carbocycles. The third-order valence-electron chi connectivity index (χ3n) is 4.80. The van der Waals surface area contributed by atoms with Crippen molar-refractivity contribution < 1.29 is 9.53 Å². The molecule has 17 heavy (non-hydrogen) atoms. The van der Waals surface area contributed by atoms with Gasteiger partial charge in [0.25, 0.3) is 0 Å². The first-order valence-corrected chi connectivity index (χ1v) is 7.34. The van der Waals surface area contributed by atoms with E-state index < -0.39 is 0 Å². The van der Waals surface area contributed by atoms with Crippen LogP contribution in [-0.4, -0.2) is 11.6 Å². The molecule has 0 unspecified atom stereocenters. The fourth-order valence-corrected chi connectivity index (χ4v) is 3.85. The van der Waals surface area contributed by atoms with Gasteiger partial charge in [0.15, 0.2) is 0 Å². The van der Waals surface area contributed by atoms with E-state index in [4.69, 9.17) is 4.74 Å². The van der Waals surface area contributed by atoms with Crippen molar-refractivity contribution >= 4 is 5.97 Å². The van der Waals surface area contributed by atoms with Crippen LogP contribution in [0.5, 0.6) is 0 Å². The highest BCUT2D eigenvalue weighted by molar-refractivity contribution is 5.67. The Balaban J connectivity index is 1.87. The van der Waals surface area contributed by atoms with Gasteiger partial charge in [0.1, 0.15) is 5.60 Å². The van der Waals surface area contributed by atoms with Crippen LogP contribution in [-0.2, 0) is 9.53 Å². The summed E-state index contributed by atoms with van der Waals surface area (Å²) in [6, 6.07) is 0. The predicted molar refractivity (Wildman–Crippen MR) is 68.8 cm³/mol. The second-order valence-corrected chi connectivity index (χ2v) is 6.06. The van der Waals surface area contributed by atoms with Gasteiger partial charge in [0.2, 0.25) is 0 Å². The van der Waals surface area contributed by atoms with E-state index >= 15 is 0 Å². The Kier molecular flexibility index (Phi) is 3.79. The molecule has 2 nitrogen and oxygen atoms in total. The van der Waals surface area contributed by atoms with Crippen LogP contribution in [0.4, 0.5) is 0 Å². The number of hydrogen-bond donors (Lipinski definition) is 0. The molecule has 2 saturated carbocycles. The van der Waals surface area contributed by atoms with Gasteiger partial charge in [-0.25, -0.2) is 0 Å². The highest BCUT2D eigenvalue weighted by atomic mass is 16.6. The molecular weight excluding hydrogens is 212 g/mol. The molecular formula is C15H26O2. The number of rotatable bonds is 6. The first-order chi connectivity index (χ1) is 8.14. The minimum atomic E-state index is -0.0812. The Morgan fingerprint density at radius 2 is 1.94 bits per heavy atom. The standard InChI is InChI=1S/C15H26O2/c1-3-4-5-6-9-14-10-7-8-11-15(14,12-14)17-13(2)16/h3-12H2,1-2H3/t14-,15-/m0/s1. The number of unbranched alkanes of at least 4 members (excludes halogenated alkanes) is 3. The van der Waals surface area contributed by atoms with Crippen LogP contribution < -0.4 is 0 Å². The number of esters is 1. The Labute approximate surface area is 105 Å². The average Bonchev–Trinajstić information content (AvgIpc) is 2.92. The maximum atomic E-state index is 11.2. The summed E-state index contributed by atoms with van der Waals surface area (Å²) in [5.41, 5.74) is 0.341. The van der Waals surface area contributed by atoms with Crippen LogP contribution in [0.2, 0.25) is 0 Å². The van der Waals surface area contributed by atoms with Crippen molar-refractivity contribution in [3.05, 3.63) is 0 Å². The zero-order valence-corrected chi connectivity index (χ0v) is 11.4. The van der Waals surface area contributed by atoms with Gasteiger partial charge in [-0.1, -0.05) is 39.0 Å². The Morgan fingerprint density at radius 3 is 2.65 bits per heavy atom. The maximum Gasteiger partial charge on any atom is 0.303 e. The van der Waals surface area contributed by atoms with Crippen LogP contribution in [0.1, 0.15) is 78.1 Å². The molecule has 0 aromatic heterocycles. The lowest BCUT2D eigenvalue weighted by Gasteiger charge is -2.30. The van der Waals surface area contributed by atoms with E-state index in [0.29, 0.717) is 5.41 Å². The average molecular weight is 238 g/mol. The molecule has 0 aromatic carbocycles. The summed E-state index contributed by atoms with van der Waals surface area (Å²) in [4.78, 5) is 11.2. The second-order valence-electron chi connectivity index (χ2n) is 6.06. The fraction of sp³-hybridized carbons (Fsp3) is 0.933. The van der Waals surface area contributed by atoms with E-state index in [1.165, 1.54) is 51.4 Å². The quantitative estimate of drug-likeness (QED) is 0.511. The number of ether oxygens (including phenoxy) is 1. The molecule has 2 heteroatoms. The number of carbonyl (C=O) groups is 1. The van der Waals surface area contributed by atoms with E-state index in [2.05, 4.69) is 6.92 Å². The zero-order chi connectivity index (χ0) is 12.4. The monoisotopic (exact) mass is 238 g/mol. The van der Waals surface area contributed by atoms with Crippen LogP contribution in [0.25, 0.3) is 0 Å². The Morgan fingerprint density at radius 1 is 1.18 bits per heavy atom. The van der Waals surface area contributed by atoms with Crippen molar-refractivity contribution in [2.75, 3.05) is 0 Å². The topological polar surface area (TPSA) is 26.3 Å². The van der Waals surface area contributed by atoms with Crippen LogP contribution in [0.15, 0.2) is 0 Å². The maximum absolute atomic E-state index is 11.2. The van der Waals surface area contributed by atoms with Crippen molar-refractivity contribution in [1.29, 1.82) is 0 Å². The summed E-state index contributed by atoms with van der Waals surface area (Å²) in [5.74, 6) is -0.0812. The van der Waals surface area contributed by atoms with Crippen molar-refractivity contribution in [1.82, 2.24) is 0 Å². The molecule has 0 aliphatic heterocycles. The smallest absolute Gasteiger partial charge is 0.303 e. The van der Waals surface area contributed by atoms with E-state index in [0.717, 1.165) is 12.8 Å². The molecule has 2 rings (SSSR count). The summed E-state index contributed by atoms with van der Waals surface area (Å²) >= 11 is 0. The van der Waals surface area contributed by atoms with Crippen LogP contribution >= 0.6 is 0 Å². The van der Waals surface area contributed by atoms with Crippen molar-refractivity contribution in [2.45, 2.75) is 83.7 Å². The molecule has 0 radical (unpaired) electrons. The van der Waals surface area contributed by atoms with Gasteiger partial charge in [-0.3, -0.25) is 4.79 Å². The molecule has 2 atom stereocenters. The molecule has 0 amide bonds. The highest BCUT2D eigenvalue weighted by Gasteiger charge is 2.69. The number of fused-ring (bicyclic) bond motifs is 1. The fourth-order valence-electron chi connectivity index (χ4n) is 3.85. The van der Waals surface area contributed by atoms with Crippen LogP contribution in [0, 0.1) is 5.41 Å². The lowest BCUT2D eigenvalue weighted by Crippen LogP contribution is -2.29. The molecule has 2 fully saturated rings. The Bertz CT molecular complexity index is 287. The van der Waals surface area contributed by atoms with E-state index in [-0.39, 0.29) is 11.6 Å². The molecule has 0 saturated heterocycles. The molecule has 98 valence electrons. The van der Waals surface area contributed by atoms with Gasteiger partial charge in [-0.2, -0.15) is 0 Å². The number of carbonyl (C=O) groups excluding carboxylic acids is 1. The van der Waals surface area contributed by atoms with E-state index in [1.807, 2.05) is 0 Å². The first-order valence-electron chi connectivity index (χ1n) is 7.34. The largest absolute Gasteiger partial charge is 0.459 e. The summed E-state index contributed by atoms with van der Waals surface area (Å²) < 4.78 is 5.67. The molecule has 2 aliphatic rings. The normalized spacial score (nSPS) is 35.2. The van der Waals surface area contributed by atoms with Crippen molar-refractivity contribution in [2.24, 2.45) is 5.41 Å². The van der Waals surface area contributed by atoms with Gasteiger partial charge in [0.05, 0.1) is 0 Å². The predicted octanol–water partition coefficient (Wildman–Crippen LogP) is 4.22. The third kappa shape index (κ3) is 2.51. The Hall–Kier alpha value is -0.530. The molecule has 0 N–H and O–H groups in total. The van der Waals surface area contributed by atoms with Gasteiger partial charge in [0, 0.05) is 12.3 Å². The lowest BCUT2D eigenvalue weighted by atomic mass is 9.82.